The molecule has 0 radical (unpaired) electrons. The van der Waals surface area contributed by atoms with Crippen LogP contribution in [0.25, 0.3) is 22.5 Å². The molecule has 0 unspecified atom stereocenters. The van der Waals surface area contributed by atoms with E-state index in [1.807, 2.05) is 36.4 Å². The van der Waals surface area contributed by atoms with Gasteiger partial charge in [0.15, 0.2) is 11.8 Å². The summed E-state index contributed by atoms with van der Waals surface area (Å²) in [7, 11) is 0. The molecule has 124 valence electrons. The Kier molecular flexibility index (Phi) is 4.37. The summed E-state index contributed by atoms with van der Waals surface area (Å²) < 4.78 is 0. The summed E-state index contributed by atoms with van der Waals surface area (Å²) in [5, 5.41) is 6.48. The fraction of sp³-hybridized carbons (Fsp3) is 0.150. The van der Waals surface area contributed by atoms with E-state index in [9.17, 15) is 0 Å². The maximum atomic E-state index is 4.82. The first-order valence-corrected chi connectivity index (χ1v) is 8.43. The van der Waals surface area contributed by atoms with Gasteiger partial charge in [-0.05, 0) is 6.42 Å². The average Bonchev–Trinajstić information content (AvgIpc) is 2.70. The highest BCUT2D eigenvalue weighted by Gasteiger charge is 2.13. The molecule has 2 heterocycles. The summed E-state index contributed by atoms with van der Waals surface area (Å²) >= 11 is 0. The van der Waals surface area contributed by atoms with E-state index in [1.165, 1.54) is 0 Å². The Labute approximate surface area is 146 Å². The lowest BCUT2D eigenvalue weighted by atomic mass is 10.0. The molecule has 0 aliphatic carbocycles. The van der Waals surface area contributed by atoms with Crippen molar-refractivity contribution in [1.82, 2.24) is 15.3 Å². The van der Waals surface area contributed by atoms with Crippen molar-refractivity contribution in [2.45, 2.75) is 6.42 Å². The number of hydrogen-bond acceptors (Lipinski definition) is 5. The highest BCUT2D eigenvalue weighted by atomic mass is 15.2. The van der Waals surface area contributed by atoms with Crippen molar-refractivity contribution in [2.75, 3.05) is 18.4 Å². The molecule has 25 heavy (non-hydrogen) atoms. The number of nitrogens with one attached hydrogen (secondary N) is 2. The number of aromatic nitrogens is 2. The molecule has 1 aliphatic rings. The second-order valence-corrected chi connectivity index (χ2v) is 5.82. The highest BCUT2D eigenvalue weighted by molar-refractivity contribution is 5.93. The highest BCUT2D eigenvalue weighted by Crippen LogP contribution is 2.29. The Morgan fingerprint density at radius 1 is 0.840 bits per heavy atom. The van der Waals surface area contributed by atoms with Crippen molar-refractivity contribution in [3.8, 4) is 22.5 Å². The van der Waals surface area contributed by atoms with Gasteiger partial charge in [-0.1, -0.05) is 60.7 Å². The lowest BCUT2D eigenvalue weighted by Crippen LogP contribution is -2.35. The van der Waals surface area contributed by atoms with Crippen LogP contribution < -0.4 is 10.6 Å². The van der Waals surface area contributed by atoms with Gasteiger partial charge in [0.1, 0.15) is 0 Å². The maximum absolute atomic E-state index is 4.82. The molecular formula is C20H19N5. The third-order valence-electron chi connectivity index (χ3n) is 4.01. The van der Waals surface area contributed by atoms with Crippen LogP contribution in [0, 0.1) is 0 Å². The first-order valence-electron chi connectivity index (χ1n) is 8.43. The summed E-state index contributed by atoms with van der Waals surface area (Å²) in [6.07, 6.45) is 2.81. The molecule has 0 saturated carbocycles. The first-order chi connectivity index (χ1) is 12.4. The standard InChI is InChI=1S/C20H19N5/c1-3-8-15(9-4-1)18-19(16-10-5-2-6-11-16)24-17(14-23-18)25-20-21-12-7-13-22-20/h1-6,8-11,14H,7,12-13H2,(H2,21,22,24,25). The molecule has 2 N–H and O–H groups in total. The largest absolute Gasteiger partial charge is 0.356 e. The predicted octanol–water partition coefficient (Wildman–Crippen LogP) is 3.57. The van der Waals surface area contributed by atoms with Crippen LogP contribution in [0.2, 0.25) is 0 Å². The summed E-state index contributed by atoms with van der Waals surface area (Å²) in [5.41, 5.74) is 3.81. The molecule has 4 rings (SSSR count). The summed E-state index contributed by atoms with van der Waals surface area (Å²) in [5.74, 6) is 1.44. The number of nitrogens with zero attached hydrogens (tertiary/aromatic N) is 3. The zero-order valence-electron chi connectivity index (χ0n) is 13.8. The number of guanidine groups is 1. The lowest BCUT2D eigenvalue weighted by molar-refractivity contribution is 0.740. The smallest absolute Gasteiger partial charge is 0.197 e. The van der Waals surface area contributed by atoms with Crippen LogP contribution in [0.1, 0.15) is 6.42 Å². The molecule has 0 amide bonds. The third kappa shape index (κ3) is 3.50. The van der Waals surface area contributed by atoms with Crippen LogP contribution >= 0.6 is 0 Å². The Hall–Kier alpha value is -3.21. The average molecular weight is 329 g/mol. The lowest BCUT2D eigenvalue weighted by Gasteiger charge is -2.16. The third-order valence-corrected chi connectivity index (χ3v) is 4.01. The second kappa shape index (κ2) is 7.13. The van der Waals surface area contributed by atoms with Gasteiger partial charge in [-0.3, -0.25) is 9.98 Å². The Morgan fingerprint density at radius 2 is 1.52 bits per heavy atom. The minimum absolute atomic E-state index is 0.687. The molecule has 1 aromatic heterocycles. The predicted molar refractivity (Wildman–Crippen MR) is 101 cm³/mol. The zero-order chi connectivity index (χ0) is 16.9. The van der Waals surface area contributed by atoms with Gasteiger partial charge in [0, 0.05) is 24.2 Å². The molecule has 5 nitrogen and oxygen atoms in total. The van der Waals surface area contributed by atoms with Crippen molar-refractivity contribution in [2.24, 2.45) is 4.99 Å². The van der Waals surface area contributed by atoms with Gasteiger partial charge in [-0.2, -0.15) is 0 Å². The molecule has 0 bridgehead atoms. The van der Waals surface area contributed by atoms with Gasteiger partial charge < -0.3 is 10.6 Å². The minimum Gasteiger partial charge on any atom is -0.356 e. The van der Waals surface area contributed by atoms with Crippen LogP contribution in [0.4, 0.5) is 5.82 Å². The topological polar surface area (TPSA) is 62.2 Å². The molecule has 0 fully saturated rings. The number of hydrogen-bond donors (Lipinski definition) is 2. The van der Waals surface area contributed by atoms with E-state index < -0.39 is 0 Å². The van der Waals surface area contributed by atoms with Gasteiger partial charge in [0.25, 0.3) is 0 Å². The van der Waals surface area contributed by atoms with Gasteiger partial charge in [0.2, 0.25) is 0 Å². The van der Waals surface area contributed by atoms with E-state index in [1.54, 1.807) is 6.20 Å². The van der Waals surface area contributed by atoms with Gasteiger partial charge in [-0.25, -0.2) is 4.98 Å². The quantitative estimate of drug-likeness (QED) is 0.771. The fourth-order valence-electron chi connectivity index (χ4n) is 2.79. The van der Waals surface area contributed by atoms with E-state index in [2.05, 4.69) is 44.9 Å². The van der Waals surface area contributed by atoms with E-state index in [4.69, 9.17) is 4.98 Å². The Balaban J connectivity index is 1.76. The number of anilines is 1. The van der Waals surface area contributed by atoms with Crippen LogP contribution in [-0.4, -0.2) is 29.0 Å². The normalized spacial score (nSPS) is 13.7. The number of aliphatic imine (C=N–C) groups is 1. The molecule has 0 saturated heterocycles. The molecule has 0 atom stereocenters. The van der Waals surface area contributed by atoms with Crippen molar-refractivity contribution >= 4 is 11.8 Å². The Morgan fingerprint density at radius 3 is 2.16 bits per heavy atom. The number of rotatable bonds is 3. The van der Waals surface area contributed by atoms with Crippen LogP contribution in [-0.2, 0) is 0 Å². The molecule has 5 heteroatoms. The summed E-state index contributed by atoms with van der Waals surface area (Å²) in [6, 6.07) is 20.3. The monoisotopic (exact) mass is 329 g/mol. The SMILES string of the molecule is c1ccc(-c2ncc(NC3=NCCCN3)nc2-c2ccccc2)cc1. The van der Waals surface area contributed by atoms with E-state index in [0.717, 1.165) is 48.0 Å². The maximum Gasteiger partial charge on any atom is 0.197 e. The van der Waals surface area contributed by atoms with Crippen LogP contribution in [0.5, 0.6) is 0 Å². The molecular weight excluding hydrogens is 310 g/mol. The van der Waals surface area contributed by atoms with Gasteiger partial charge in [-0.15, -0.1) is 0 Å². The number of benzene rings is 2. The van der Waals surface area contributed by atoms with Crippen LogP contribution in [0.15, 0.2) is 71.9 Å². The molecule has 2 aromatic carbocycles. The molecule has 3 aromatic rings. The van der Waals surface area contributed by atoms with Crippen molar-refractivity contribution in [1.29, 1.82) is 0 Å². The minimum atomic E-state index is 0.687. The zero-order valence-corrected chi connectivity index (χ0v) is 13.8. The Bertz CT molecular complexity index is 875. The van der Waals surface area contributed by atoms with Gasteiger partial charge in [0.05, 0.1) is 17.6 Å². The second-order valence-electron chi connectivity index (χ2n) is 5.82. The molecule has 0 spiro atoms. The summed E-state index contributed by atoms with van der Waals surface area (Å²) in [4.78, 5) is 13.9. The van der Waals surface area contributed by atoms with E-state index in [-0.39, 0.29) is 0 Å². The first kappa shape index (κ1) is 15.3. The fourth-order valence-corrected chi connectivity index (χ4v) is 2.79. The van der Waals surface area contributed by atoms with Gasteiger partial charge >= 0.3 is 0 Å². The van der Waals surface area contributed by atoms with Crippen molar-refractivity contribution in [3.05, 3.63) is 66.9 Å². The summed E-state index contributed by atoms with van der Waals surface area (Å²) in [6.45, 7) is 1.75. The molecule has 1 aliphatic heterocycles. The van der Waals surface area contributed by atoms with E-state index in [0.29, 0.717) is 5.82 Å². The van der Waals surface area contributed by atoms with E-state index >= 15 is 0 Å². The van der Waals surface area contributed by atoms with Crippen molar-refractivity contribution < 1.29 is 0 Å². The van der Waals surface area contributed by atoms with Crippen LogP contribution in [0.3, 0.4) is 0 Å². The van der Waals surface area contributed by atoms with Crippen molar-refractivity contribution in [3.63, 3.8) is 0 Å².